The summed E-state index contributed by atoms with van der Waals surface area (Å²) in [4.78, 5) is 11.3. The lowest BCUT2D eigenvalue weighted by Crippen LogP contribution is -2.23. The van der Waals surface area contributed by atoms with Crippen molar-refractivity contribution in [3.8, 4) is 0 Å². The first-order chi connectivity index (χ1) is 10.1. The molecule has 2 aromatic heterocycles. The van der Waals surface area contributed by atoms with Crippen LogP contribution in [0.2, 0.25) is 5.28 Å². The van der Waals surface area contributed by atoms with Gasteiger partial charge in [0.25, 0.3) is 0 Å². The molecule has 108 valence electrons. The Bertz CT molecular complexity index is 789. The Morgan fingerprint density at radius 3 is 2.76 bits per heavy atom. The summed E-state index contributed by atoms with van der Waals surface area (Å²) in [7, 11) is 1.88. The predicted octanol–water partition coefficient (Wildman–Crippen LogP) is 4.68. The Balaban J connectivity index is 2.06. The number of rotatable bonds is 3. The third-order valence-corrected chi connectivity index (χ3v) is 4.52. The van der Waals surface area contributed by atoms with Gasteiger partial charge in [-0.25, -0.2) is 9.37 Å². The summed E-state index contributed by atoms with van der Waals surface area (Å²) in [5.41, 5.74) is 0.623. The number of nitrogens with zero attached hydrogens (tertiary/aromatic N) is 3. The van der Waals surface area contributed by atoms with Gasteiger partial charge in [0.1, 0.15) is 16.5 Å². The second-order valence-corrected chi connectivity index (χ2v) is 6.00. The van der Waals surface area contributed by atoms with Crippen molar-refractivity contribution in [1.82, 2.24) is 9.97 Å². The molecule has 0 N–H and O–H groups in total. The number of thiophene rings is 1. The van der Waals surface area contributed by atoms with Crippen LogP contribution in [-0.2, 0) is 0 Å². The fraction of sp³-hybridized carbons (Fsp3) is 0.200. The minimum Gasteiger partial charge on any atom is -0.352 e. The van der Waals surface area contributed by atoms with Gasteiger partial charge >= 0.3 is 0 Å². The molecule has 3 nitrogen and oxygen atoms in total. The highest BCUT2D eigenvalue weighted by molar-refractivity contribution is 7.16. The molecule has 0 radical (unpaired) electrons. The number of hydrogen-bond acceptors (Lipinski definition) is 4. The van der Waals surface area contributed by atoms with Crippen LogP contribution in [0, 0.1) is 5.82 Å². The molecule has 0 saturated carbocycles. The normalized spacial score (nSPS) is 12.6. The fourth-order valence-electron chi connectivity index (χ4n) is 2.29. The number of halogens is 2. The van der Waals surface area contributed by atoms with Crippen LogP contribution < -0.4 is 4.90 Å². The number of anilines is 1. The topological polar surface area (TPSA) is 29.0 Å². The molecule has 0 spiro atoms. The summed E-state index contributed by atoms with van der Waals surface area (Å²) in [6, 6.07) is 8.55. The molecular weight excluding hydrogens is 309 g/mol. The Morgan fingerprint density at radius 2 is 2.00 bits per heavy atom. The summed E-state index contributed by atoms with van der Waals surface area (Å²) >= 11 is 7.50. The lowest BCUT2D eigenvalue weighted by molar-refractivity contribution is 0.584. The molecule has 0 saturated heterocycles. The van der Waals surface area contributed by atoms with E-state index in [1.807, 2.05) is 36.4 Å². The minimum atomic E-state index is -0.224. The summed E-state index contributed by atoms with van der Waals surface area (Å²) in [5.74, 6) is 0.487. The van der Waals surface area contributed by atoms with Crippen molar-refractivity contribution >= 4 is 39.0 Å². The summed E-state index contributed by atoms with van der Waals surface area (Å²) in [6.45, 7) is 1.94. The highest BCUT2D eigenvalue weighted by Crippen LogP contribution is 2.33. The molecule has 3 rings (SSSR count). The predicted molar refractivity (Wildman–Crippen MR) is 85.6 cm³/mol. The Kier molecular flexibility index (Phi) is 3.78. The van der Waals surface area contributed by atoms with Gasteiger partial charge in [0.2, 0.25) is 5.28 Å². The molecule has 1 unspecified atom stereocenters. The first kappa shape index (κ1) is 14.2. The van der Waals surface area contributed by atoms with Crippen LogP contribution in [0.4, 0.5) is 10.2 Å². The van der Waals surface area contributed by atoms with Crippen molar-refractivity contribution in [1.29, 1.82) is 0 Å². The highest BCUT2D eigenvalue weighted by atomic mass is 35.5. The molecule has 1 atom stereocenters. The zero-order valence-corrected chi connectivity index (χ0v) is 13.1. The summed E-state index contributed by atoms with van der Waals surface area (Å²) in [5, 5.41) is 3.07. The zero-order valence-electron chi connectivity index (χ0n) is 11.5. The van der Waals surface area contributed by atoms with E-state index in [1.54, 1.807) is 12.1 Å². The second kappa shape index (κ2) is 5.58. The quantitative estimate of drug-likeness (QED) is 0.656. The van der Waals surface area contributed by atoms with Gasteiger partial charge in [0, 0.05) is 12.6 Å². The average molecular weight is 322 g/mol. The molecule has 21 heavy (non-hydrogen) atoms. The lowest BCUT2D eigenvalue weighted by atomic mass is 10.1. The Hall–Kier alpha value is -1.72. The molecule has 0 aliphatic carbocycles. The Labute approximate surface area is 131 Å². The van der Waals surface area contributed by atoms with Crippen molar-refractivity contribution in [2.45, 2.75) is 13.0 Å². The highest BCUT2D eigenvalue weighted by Gasteiger charge is 2.20. The largest absolute Gasteiger partial charge is 0.352 e. The van der Waals surface area contributed by atoms with E-state index in [9.17, 15) is 4.39 Å². The van der Waals surface area contributed by atoms with Crippen LogP contribution in [0.3, 0.4) is 0 Å². The van der Waals surface area contributed by atoms with Gasteiger partial charge in [0.15, 0.2) is 0 Å². The first-order valence-electron chi connectivity index (χ1n) is 6.46. The number of hydrogen-bond donors (Lipinski definition) is 0. The molecule has 1 aromatic carbocycles. The van der Waals surface area contributed by atoms with Gasteiger partial charge in [-0.05, 0) is 36.0 Å². The monoisotopic (exact) mass is 321 g/mol. The van der Waals surface area contributed by atoms with E-state index in [2.05, 4.69) is 9.97 Å². The summed E-state index contributed by atoms with van der Waals surface area (Å²) < 4.78 is 14.0. The maximum absolute atomic E-state index is 14.0. The molecule has 0 aliphatic heterocycles. The van der Waals surface area contributed by atoms with Crippen molar-refractivity contribution in [2.75, 3.05) is 11.9 Å². The molecule has 6 heteroatoms. The third kappa shape index (κ3) is 2.59. The van der Waals surface area contributed by atoms with Crippen LogP contribution in [0.25, 0.3) is 10.2 Å². The first-order valence-corrected chi connectivity index (χ1v) is 7.71. The van der Waals surface area contributed by atoms with Crippen LogP contribution in [0.15, 0.2) is 35.7 Å². The SMILES string of the molecule is CC(c1ccccc1F)N(C)c1nc(Cl)nc2sccc12. The van der Waals surface area contributed by atoms with E-state index in [4.69, 9.17) is 11.6 Å². The summed E-state index contributed by atoms with van der Waals surface area (Å²) in [6.07, 6.45) is 0. The van der Waals surface area contributed by atoms with Gasteiger partial charge in [-0.15, -0.1) is 11.3 Å². The van der Waals surface area contributed by atoms with E-state index >= 15 is 0 Å². The molecular formula is C15H13ClFN3S. The Morgan fingerprint density at radius 1 is 1.24 bits per heavy atom. The minimum absolute atomic E-state index is 0.166. The lowest BCUT2D eigenvalue weighted by Gasteiger charge is -2.27. The van der Waals surface area contributed by atoms with Crippen molar-refractivity contribution in [2.24, 2.45) is 0 Å². The fourth-order valence-corrected chi connectivity index (χ4v) is 3.26. The van der Waals surface area contributed by atoms with Gasteiger partial charge in [-0.1, -0.05) is 18.2 Å². The molecule has 0 aliphatic rings. The molecule has 0 bridgehead atoms. The van der Waals surface area contributed by atoms with E-state index in [0.29, 0.717) is 11.4 Å². The van der Waals surface area contributed by atoms with E-state index in [-0.39, 0.29) is 17.1 Å². The molecule has 3 aromatic rings. The number of fused-ring (bicyclic) bond motifs is 1. The van der Waals surface area contributed by atoms with Crippen LogP contribution in [0.5, 0.6) is 0 Å². The van der Waals surface area contributed by atoms with Gasteiger partial charge < -0.3 is 4.90 Å². The smallest absolute Gasteiger partial charge is 0.225 e. The van der Waals surface area contributed by atoms with E-state index < -0.39 is 0 Å². The van der Waals surface area contributed by atoms with Crippen LogP contribution in [0.1, 0.15) is 18.5 Å². The van der Waals surface area contributed by atoms with Crippen molar-refractivity contribution < 1.29 is 4.39 Å². The molecule has 2 heterocycles. The maximum atomic E-state index is 14.0. The standard InChI is InChI=1S/C15H13ClFN3S/c1-9(10-5-3-4-6-12(10)17)20(2)13-11-7-8-21-14(11)19-15(16)18-13/h3-9H,1-2H3. The van der Waals surface area contributed by atoms with Gasteiger partial charge in [-0.2, -0.15) is 4.98 Å². The molecule has 0 amide bonds. The molecule has 0 fully saturated rings. The van der Waals surface area contributed by atoms with E-state index in [0.717, 1.165) is 10.2 Å². The second-order valence-electron chi connectivity index (χ2n) is 4.76. The number of benzene rings is 1. The zero-order chi connectivity index (χ0) is 15.0. The van der Waals surface area contributed by atoms with Crippen molar-refractivity contribution in [3.63, 3.8) is 0 Å². The maximum Gasteiger partial charge on any atom is 0.225 e. The van der Waals surface area contributed by atoms with Crippen LogP contribution in [-0.4, -0.2) is 17.0 Å². The third-order valence-electron chi connectivity index (χ3n) is 3.55. The van der Waals surface area contributed by atoms with E-state index in [1.165, 1.54) is 17.4 Å². The van der Waals surface area contributed by atoms with Crippen molar-refractivity contribution in [3.05, 3.63) is 52.4 Å². The van der Waals surface area contributed by atoms with Crippen LogP contribution >= 0.6 is 22.9 Å². The number of aromatic nitrogens is 2. The van der Waals surface area contributed by atoms with Gasteiger partial charge in [-0.3, -0.25) is 0 Å². The average Bonchev–Trinajstić information content (AvgIpc) is 2.93. The van der Waals surface area contributed by atoms with Gasteiger partial charge in [0.05, 0.1) is 11.4 Å².